The van der Waals surface area contributed by atoms with Crippen molar-refractivity contribution in [2.45, 2.75) is 51.2 Å². The molecule has 1 amide bonds. The van der Waals surface area contributed by atoms with E-state index in [9.17, 15) is 9.59 Å². The van der Waals surface area contributed by atoms with Gasteiger partial charge in [0.05, 0.1) is 5.54 Å². The topological polar surface area (TPSA) is 72.9 Å². The molecule has 1 atom stereocenters. The summed E-state index contributed by atoms with van der Waals surface area (Å²) in [4.78, 5) is 27.5. The van der Waals surface area contributed by atoms with E-state index >= 15 is 0 Å². The molecule has 0 radical (unpaired) electrons. The summed E-state index contributed by atoms with van der Waals surface area (Å²) in [5.74, 6) is -1.26. The number of nitrogens with zero attached hydrogens (tertiary/aromatic N) is 2. The molecule has 1 heterocycles. The van der Waals surface area contributed by atoms with Gasteiger partial charge in [-0.1, -0.05) is 0 Å². The van der Waals surface area contributed by atoms with Gasteiger partial charge in [0.25, 0.3) is 0 Å². The molecular formula is C14H27N3O3. The van der Waals surface area contributed by atoms with Crippen molar-refractivity contribution in [3.8, 4) is 0 Å². The zero-order valence-electron chi connectivity index (χ0n) is 13.1. The molecule has 0 bridgehead atoms. The lowest BCUT2D eigenvalue weighted by Crippen LogP contribution is -2.60. The van der Waals surface area contributed by atoms with Gasteiger partial charge in [0.15, 0.2) is 0 Å². The number of likely N-dealkylation sites (N-methyl/N-ethyl adjacent to an activating group) is 1. The lowest BCUT2D eigenvalue weighted by molar-refractivity contribution is -0.143. The van der Waals surface area contributed by atoms with Crippen LogP contribution >= 0.6 is 0 Å². The lowest BCUT2D eigenvalue weighted by Gasteiger charge is -2.43. The maximum Gasteiger partial charge on any atom is 0.325 e. The van der Waals surface area contributed by atoms with E-state index in [0.29, 0.717) is 6.04 Å². The molecule has 0 spiro atoms. The van der Waals surface area contributed by atoms with E-state index < -0.39 is 17.6 Å². The molecule has 116 valence electrons. The molecule has 0 saturated carbocycles. The molecule has 1 aliphatic rings. The van der Waals surface area contributed by atoms with Gasteiger partial charge in [-0.2, -0.15) is 0 Å². The number of piperidine rings is 1. The molecule has 1 rings (SSSR count). The van der Waals surface area contributed by atoms with E-state index in [0.717, 1.165) is 25.9 Å². The van der Waals surface area contributed by atoms with E-state index in [4.69, 9.17) is 5.11 Å². The third-order valence-electron chi connectivity index (χ3n) is 4.39. The summed E-state index contributed by atoms with van der Waals surface area (Å²) < 4.78 is 0. The smallest absolute Gasteiger partial charge is 0.325 e. The van der Waals surface area contributed by atoms with Crippen molar-refractivity contribution in [2.75, 3.05) is 27.2 Å². The largest absolute Gasteiger partial charge is 0.480 e. The van der Waals surface area contributed by atoms with Crippen LogP contribution in [0.4, 0.5) is 0 Å². The Hall–Kier alpha value is -1.14. The summed E-state index contributed by atoms with van der Waals surface area (Å²) in [5, 5.41) is 11.4. The highest BCUT2D eigenvalue weighted by Crippen LogP contribution is 2.22. The van der Waals surface area contributed by atoms with Crippen molar-refractivity contribution in [1.82, 2.24) is 15.1 Å². The summed E-state index contributed by atoms with van der Waals surface area (Å²) in [6.45, 7) is 7.22. The highest BCUT2D eigenvalue weighted by atomic mass is 16.4. The predicted molar refractivity (Wildman–Crippen MR) is 77.6 cm³/mol. The van der Waals surface area contributed by atoms with Crippen LogP contribution in [0.3, 0.4) is 0 Å². The van der Waals surface area contributed by atoms with E-state index in [1.165, 1.54) is 6.92 Å². The van der Waals surface area contributed by atoms with E-state index in [1.54, 1.807) is 0 Å². The second-order valence-corrected chi connectivity index (χ2v) is 6.24. The number of carbonyl (C=O) groups is 2. The highest BCUT2D eigenvalue weighted by Gasteiger charge is 2.38. The molecular weight excluding hydrogens is 258 g/mol. The van der Waals surface area contributed by atoms with Crippen LogP contribution in [-0.2, 0) is 9.59 Å². The first kappa shape index (κ1) is 16.9. The molecule has 6 nitrogen and oxygen atoms in total. The SMILES string of the molecule is CC(NC(=O)C(C)(C)N(C)C1CCN(C)CC1)C(=O)O. The lowest BCUT2D eigenvalue weighted by atomic mass is 9.95. The number of carboxylic acids is 1. The van der Waals surface area contributed by atoms with Crippen molar-refractivity contribution in [1.29, 1.82) is 0 Å². The average molecular weight is 285 g/mol. The van der Waals surface area contributed by atoms with Gasteiger partial charge in [0.2, 0.25) is 5.91 Å². The van der Waals surface area contributed by atoms with Gasteiger partial charge >= 0.3 is 5.97 Å². The number of aliphatic carboxylic acids is 1. The number of carboxylic acid groups (broad SMARTS) is 1. The third kappa shape index (κ3) is 3.93. The Labute approximate surface area is 121 Å². The van der Waals surface area contributed by atoms with Crippen molar-refractivity contribution >= 4 is 11.9 Å². The van der Waals surface area contributed by atoms with E-state index in [2.05, 4.69) is 22.2 Å². The zero-order chi connectivity index (χ0) is 15.5. The van der Waals surface area contributed by atoms with Crippen LogP contribution in [0.2, 0.25) is 0 Å². The normalized spacial score (nSPS) is 19.9. The average Bonchev–Trinajstić information content (AvgIpc) is 2.38. The first-order valence-corrected chi connectivity index (χ1v) is 7.11. The summed E-state index contributed by atoms with van der Waals surface area (Å²) in [7, 11) is 4.05. The van der Waals surface area contributed by atoms with Crippen LogP contribution in [0.5, 0.6) is 0 Å². The van der Waals surface area contributed by atoms with E-state index in [-0.39, 0.29) is 5.91 Å². The number of rotatable bonds is 5. The van der Waals surface area contributed by atoms with Crippen molar-refractivity contribution in [2.24, 2.45) is 0 Å². The molecule has 1 fully saturated rings. The fraction of sp³-hybridized carbons (Fsp3) is 0.857. The van der Waals surface area contributed by atoms with Crippen LogP contribution in [0, 0.1) is 0 Å². The minimum absolute atomic E-state index is 0.242. The van der Waals surface area contributed by atoms with Gasteiger partial charge in [-0.25, -0.2) is 0 Å². The third-order valence-corrected chi connectivity index (χ3v) is 4.39. The van der Waals surface area contributed by atoms with E-state index in [1.807, 2.05) is 20.9 Å². The Kier molecular flexibility index (Phi) is 5.53. The number of carbonyl (C=O) groups excluding carboxylic acids is 1. The molecule has 0 aromatic carbocycles. The molecule has 20 heavy (non-hydrogen) atoms. The van der Waals surface area contributed by atoms with Gasteiger partial charge in [-0.15, -0.1) is 0 Å². The van der Waals surface area contributed by atoms with Crippen LogP contribution in [0.15, 0.2) is 0 Å². The standard InChI is InChI=1S/C14H27N3O3/c1-10(12(18)19)15-13(20)14(2,3)17(5)11-6-8-16(4)9-7-11/h10-11H,6-9H2,1-5H3,(H,15,20)(H,18,19). The van der Waals surface area contributed by atoms with Crippen LogP contribution in [-0.4, -0.2) is 71.6 Å². The quantitative estimate of drug-likeness (QED) is 0.764. The molecule has 1 aliphatic heterocycles. The van der Waals surface area contributed by atoms with Gasteiger partial charge in [-0.05, 0) is 60.8 Å². The number of likely N-dealkylation sites (tertiary alicyclic amines) is 1. The summed E-state index contributed by atoms with van der Waals surface area (Å²) >= 11 is 0. The van der Waals surface area contributed by atoms with Gasteiger partial charge in [0.1, 0.15) is 6.04 Å². The van der Waals surface area contributed by atoms with Crippen LogP contribution in [0.1, 0.15) is 33.6 Å². The van der Waals surface area contributed by atoms with Gasteiger partial charge in [-0.3, -0.25) is 14.5 Å². The Morgan fingerprint density at radius 2 is 1.85 bits per heavy atom. The fourth-order valence-corrected chi connectivity index (χ4v) is 2.43. The summed E-state index contributed by atoms with van der Waals surface area (Å²) in [6, 6.07) is -0.514. The van der Waals surface area contributed by atoms with Crippen molar-refractivity contribution in [3.05, 3.63) is 0 Å². The maximum absolute atomic E-state index is 12.3. The molecule has 1 unspecified atom stereocenters. The minimum Gasteiger partial charge on any atom is -0.480 e. The zero-order valence-corrected chi connectivity index (χ0v) is 13.1. The summed E-state index contributed by atoms with van der Waals surface area (Å²) in [6.07, 6.45) is 2.05. The number of hydrogen-bond donors (Lipinski definition) is 2. The highest BCUT2D eigenvalue weighted by molar-refractivity contribution is 5.89. The summed E-state index contributed by atoms with van der Waals surface area (Å²) in [5.41, 5.74) is -0.718. The van der Waals surface area contributed by atoms with Crippen LogP contribution in [0.25, 0.3) is 0 Å². The molecule has 0 aliphatic carbocycles. The van der Waals surface area contributed by atoms with Crippen LogP contribution < -0.4 is 5.32 Å². The maximum atomic E-state index is 12.3. The first-order chi connectivity index (χ1) is 9.16. The van der Waals surface area contributed by atoms with Gasteiger partial charge < -0.3 is 15.3 Å². The molecule has 0 aromatic rings. The van der Waals surface area contributed by atoms with Crippen molar-refractivity contribution < 1.29 is 14.7 Å². The fourth-order valence-electron chi connectivity index (χ4n) is 2.43. The second-order valence-electron chi connectivity index (χ2n) is 6.24. The second kappa shape index (κ2) is 6.54. The predicted octanol–water partition coefficient (Wildman–Crippen LogP) is 0.380. The molecule has 6 heteroatoms. The Bertz CT molecular complexity index is 363. The first-order valence-electron chi connectivity index (χ1n) is 7.11. The minimum atomic E-state index is -1.02. The van der Waals surface area contributed by atoms with Gasteiger partial charge in [0, 0.05) is 6.04 Å². The Balaban J connectivity index is 2.66. The molecule has 0 aromatic heterocycles. The van der Waals surface area contributed by atoms with Crippen molar-refractivity contribution in [3.63, 3.8) is 0 Å². The molecule has 2 N–H and O–H groups in total. The monoisotopic (exact) mass is 285 g/mol. The number of hydrogen-bond acceptors (Lipinski definition) is 4. The molecule has 1 saturated heterocycles. The number of nitrogens with one attached hydrogen (secondary N) is 1. The number of amides is 1. The Morgan fingerprint density at radius 1 is 1.35 bits per heavy atom. The Morgan fingerprint density at radius 3 is 2.30 bits per heavy atom.